The second-order valence-electron chi connectivity index (χ2n) is 11.0. The molecule has 3 saturated carbocycles. The van der Waals surface area contributed by atoms with Gasteiger partial charge in [-0.3, -0.25) is 9.78 Å². The van der Waals surface area contributed by atoms with Crippen LogP contribution in [0.25, 0.3) is 0 Å². The summed E-state index contributed by atoms with van der Waals surface area (Å²) in [6.07, 6.45) is 8.09. The molecule has 5 heteroatoms. The van der Waals surface area contributed by atoms with Gasteiger partial charge in [-0.2, -0.15) is 0 Å². The van der Waals surface area contributed by atoms with Gasteiger partial charge in [0.05, 0.1) is 5.69 Å². The van der Waals surface area contributed by atoms with Crippen LogP contribution in [0.4, 0.5) is 0 Å². The van der Waals surface area contributed by atoms with Crippen LogP contribution in [0.1, 0.15) is 78.3 Å². The molecule has 3 fully saturated rings. The molecule has 1 aromatic heterocycles. The maximum absolute atomic E-state index is 11.9. The zero-order valence-corrected chi connectivity index (χ0v) is 19.5. The lowest BCUT2D eigenvalue weighted by Crippen LogP contribution is -2.54. The highest BCUT2D eigenvalue weighted by Crippen LogP contribution is 2.67. The van der Waals surface area contributed by atoms with E-state index in [4.69, 9.17) is 4.74 Å². The summed E-state index contributed by atoms with van der Waals surface area (Å²) in [4.78, 5) is 16.0. The fourth-order valence-electron chi connectivity index (χ4n) is 7.96. The number of fused-ring (bicyclic) bond motifs is 1. The minimum atomic E-state index is -0.873. The van der Waals surface area contributed by atoms with Crippen molar-refractivity contribution in [2.24, 2.45) is 34.5 Å². The monoisotopic (exact) mass is 429 g/mol. The van der Waals surface area contributed by atoms with Crippen molar-refractivity contribution < 1.29 is 19.7 Å². The normalized spacial score (nSPS) is 45.2. The van der Waals surface area contributed by atoms with Crippen molar-refractivity contribution >= 4 is 5.97 Å². The first-order chi connectivity index (χ1) is 14.7. The molecule has 0 spiro atoms. The van der Waals surface area contributed by atoms with Gasteiger partial charge in [0.15, 0.2) is 0 Å². The number of hydrogen-bond acceptors (Lipinski definition) is 5. The minimum Gasteiger partial charge on any atom is -0.463 e. The van der Waals surface area contributed by atoms with Gasteiger partial charge >= 0.3 is 5.97 Å². The van der Waals surface area contributed by atoms with E-state index in [1.54, 1.807) is 6.20 Å². The Labute approximate surface area is 186 Å². The Kier molecular flexibility index (Phi) is 5.97. The lowest BCUT2D eigenvalue weighted by atomic mass is 9.48. The third-order valence-electron chi connectivity index (χ3n) is 9.80. The molecule has 5 nitrogen and oxygen atoms in total. The maximum atomic E-state index is 11.9. The van der Waals surface area contributed by atoms with E-state index in [1.807, 2.05) is 18.2 Å². The molecule has 3 aliphatic rings. The Hall–Kier alpha value is -1.46. The fourth-order valence-corrected chi connectivity index (χ4v) is 7.96. The number of aromatic nitrogens is 1. The van der Waals surface area contributed by atoms with Crippen molar-refractivity contribution in [3.05, 3.63) is 30.1 Å². The Bertz CT molecular complexity index is 800. The van der Waals surface area contributed by atoms with E-state index in [9.17, 15) is 15.0 Å². The molecule has 0 bridgehead atoms. The Morgan fingerprint density at radius 1 is 1.16 bits per heavy atom. The Morgan fingerprint density at radius 2 is 1.90 bits per heavy atom. The van der Waals surface area contributed by atoms with Crippen molar-refractivity contribution in [1.82, 2.24) is 4.98 Å². The summed E-state index contributed by atoms with van der Waals surface area (Å²) in [6.45, 7) is 8.60. The standard InChI is InChI=1S/C26H39NO4/c1-17-21(24(3)11-8-20(31-18(2)29)15-19(24)16-28)9-12-25(4)22(17)10-13-26(25,30)23-7-5-6-14-27-23/h5-7,14,17,19-22,28,30H,8-13,15-16H2,1-4H3/t17-,19-,20+,21+,22+,24+,25+,26-/m1/s1. The molecule has 0 unspecified atom stereocenters. The molecule has 0 aromatic carbocycles. The van der Waals surface area contributed by atoms with Gasteiger partial charge in [0.2, 0.25) is 0 Å². The fraction of sp³-hybridized carbons (Fsp3) is 0.769. The van der Waals surface area contributed by atoms with Crippen LogP contribution in [-0.2, 0) is 15.1 Å². The topological polar surface area (TPSA) is 79.7 Å². The van der Waals surface area contributed by atoms with E-state index in [0.29, 0.717) is 17.8 Å². The van der Waals surface area contributed by atoms with Gasteiger partial charge in [-0.25, -0.2) is 0 Å². The number of hydrogen-bond donors (Lipinski definition) is 2. The van der Waals surface area contributed by atoms with E-state index in [-0.39, 0.29) is 35.4 Å². The number of aliphatic hydroxyl groups excluding tert-OH is 1. The SMILES string of the molecule is CC(=O)O[C@H]1CC[C@](C)([C@H]2CC[C@@]3(C)[C@@H](CC[C@@]3(O)c3ccccn3)[C@@H]2C)[C@@H](CO)C1. The predicted molar refractivity (Wildman–Crippen MR) is 119 cm³/mol. The smallest absolute Gasteiger partial charge is 0.302 e. The first-order valence-corrected chi connectivity index (χ1v) is 12.1. The molecule has 0 radical (unpaired) electrons. The summed E-state index contributed by atoms with van der Waals surface area (Å²) in [5.41, 5.74) is -0.218. The second kappa shape index (κ2) is 8.15. The molecule has 8 atom stereocenters. The van der Waals surface area contributed by atoms with Gasteiger partial charge in [0.1, 0.15) is 11.7 Å². The van der Waals surface area contributed by atoms with Crippen LogP contribution in [0.15, 0.2) is 24.4 Å². The lowest BCUT2D eigenvalue weighted by Gasteiger charge is -2.57. The van der Waals surface area contributed by atoms with Crippen LogP contribution in [0.2, 0.25) is 0 Å². The summed E-state index contributed by atoms with van der Waals surface area (Å²) in [6, 6.07) is 5.85. The number of pyridine rings is 1. The number of esters is 1. The van der Waals surface area contributed by atoms with E-state index in [0.717, 1.165) is 50.6 Å². The highest BCUT2D eigenvalue weighted by molar-refractivity contribution is 5.66. The lowest BCUT2D eigenvalue weighted by molar-refractivity contribution is -0.160. The first kappa shape index (κ1) is 22.7. The summed E-state index contributed by atoms with van der Waals surface area (Å²) in [5.74, 6) is 1.29. The van der Waals surface area contributed by atoms with Crippen LogP contribution in [0, 0.1) is 34.5 Å². The zero-order valence-electron chi connectivity index (χ0n) is 19.5. The molecular weight excluding hydrogens is 390 g/mol. The van der Waals surface area contributed by atoms with Crippen LogP contribution >= 0.6 is 0 Å². The number of carbonyl (C=O) groups is 1. The van der Waals surface area contributed by atoms with Gasteiger partial charge in [-0.15, -0.1) is 0 Å². The third kappa shape index (κ3) is 3.52. The van der Waals surface area contributed by atoms with Crippen LogP contribution in [0.3, 0.4) is 0 Å². The van der Waals surface area contributed by atoms with Crippen LogP contribution < -0.4 is 0 Å². The minimum absolute atomic E-state index is 0.0256. The van der Waals surface area contributed by atoms with Crippen molar-refractivity contribution in [1.29, 1.82) is 0 Å². The van der Waals surface area contributed by atoms with E-state index >= 15 is 0 Å². The molecule has 1 aromatic rings. The van der Waals surface area contributed by atoms with Crippen LogP contribution in [-0.4, -0.2) is 33.9 Å². The summed E-state index contributed by atoms with van der Waals surface area (Å²) in [7, 11) is 0. The van der Waals surface area contributed by atoms with Crippen LogP contribution in [0.5, 0.6) is 0 Å². The van der Waals surface area contributed by atoms with E-state index in [2.05, 4.69) is 25.8 Å². The predicted octanol–water partition coefficient (Wildman–Crippen LogP) is 4.46. The van der Waals surface area contributed by atoms with Gasteiger partial charge < -0.3 is 14.9 Å². The molecule has 1 heterocycles. The third-order valence-corrected chi connectivity index (χ3v) is 9.80. The molecular formula is C26H39NO4. The molecule has 3 aliphatic carbocycles. The molecule has 0 aliphatic heterocycles. The zero-order chi connectivity index (χ0) is 22.4. The first-order valence-electron chi connectivity index (χ1n) is 12.1. The molecule has 4 rings (SSSR count). The molecule has 172 valence electrons. The van der Waals surface area contributed by atoms with Gasteiger partial charge in [-0.1, -0.05) is 26.8 Å². The quantitative estimate of drug-likeness (QED) is 0.691. The number of aliphatic hydroxyl groups is 2. The molecule has 0 amide bonds. The molecule has 0 saturated heterocycles. The average molecular weight is 430 g/mol. The highest BCUT2D eigenvalue weighted by Gasteiger charge is 2.63. The highest BCUT2D eigenvalue weighted by atomic mass is 16.5. The molecule has 31 heavy (non-hydrogen) atoms. The van der Waals surface area contributed by atoms with Gasteiger partial charge in [-0.05, 0) is 86.2 Å². The number of nitrogens with zero attached hydrogens (tertiary/aromatic N) is 1. The van der Waals surface area contributed by atoms with E-state index in [1.165, 1.54) is 6.92 Å². The second-order valence-corrected chi connectivity index (χ2v) is 11.0. The Balaban J connectivity index is 1.57. The van der Waals surface area contributed by atoms with E-state index < -0.39 is 5.60 Å². The van der Waals surface area contributed by atoms with Gasteiger partial charge in [0, 0.05) is 25.1 Å². The number of rotatable bonds is 4. The van der Waals surface area contributed by atoms with Crippen molar-refractivity contribution in [3.63, 3.8) is 0 Å². The Morgan fingerprint density at radius 3 is 2.55 bits per heavy atom. The van der Waals surface area contributed by atoms with Crippen molar-refractivity contribution in [3.8, 4) is 0 Å². The summed E-state index contributed by atoms with van der Waals surface area (Å²) < 4.78 is 5.50. The maximum Gasteiger partial charge on any atom is 0.302 e. The molecule has 2 N–H and O–H groups in total. The van der Waals surface area contributed by atoms with Crippen molar-refractivity contribution in [2.75, 3.05) is 6.61 Å². The summed E-state index contributed by atoms with van der Waals surface area (Å²) in [5, 5.41) is 22.1. The largest absolute Gasteiger partial charge is 0.463 e. The summed E-state index contributed by atoms with van der Waals surface area (Å²) >= 11 is 0. The van der Waals surface area contributed by atoms with Gasteiger partial charge in [0.25, 0.3) is 0 Å². The number of carbonyl (C=O) groups excluding carboxylic acids is 1. The number of ether oxygens (including phenoxy) is 1. The van der Waals surface area contributed by atoms with Crippen molar-refractivity contribution in [2.45, 2.75) is 84.3 Å². The average Bonchev–Trinajstić information content (AvgIpc) is 3.02.